The van der Waals surface area contributed by atoms with E-state index in [1.54, 1.807) is 4.90 Å². The Morgan fingerprint density at radius 1 is 1.14 bits per heavy atom. The van der Waals surface area contributed by atoms with Crippen molar-refractivity contribution in [2.24, 2.45) is 5.16 Å². The molecule has 1 N–H and O–H groups in total. The first-order chi connectivity index (χ1) is 10.2. The summed E-state index contributed by atoms with van der Waals surface area (Å²) in [6.45, 7) is 2.45. The van der Waals surface area contributed by atoms with Crippen LogP contribution in [0.25, 0.3) is 0 Å². The number of benzene rings is 2. The number of carbonyl (C=O) groups is 1. The number of anilines is 1. The molecule has 0 radical (unpaired) electrons. The van der Waals surface area contributed by atoms with Gasteiger partial charge in [-0.3, -0.25) is 4.79 Å². The van der Waals surface area contributed by atoms with Gasteiger partial charge in [-0.1, -0.05) is 41.6 Å². The van der Waals surface area contributed by atoms with Crippen molar-refractivity contribution >= 4 is 17.3 Å². The van der Waals surface area contributed by atoms with E-state index in [1.807, 2.05) is 55.5 Å². The van der Waals surface area contributed by atoms with Crippen LogP contribution in [-0.2, 0) is 0 Å². The third kappa shape index (κ3) is 2.29. The number of hydrogen-bond donors (Lipinski definition) is 1. The van der Waals surface area contributed by atoms with Crippen molar-refractivity contribution in [1.29, 1.82) is 0 Å². The molecule has 21 heavy (non-hydrogen) atoms. The maximum Gasteiger partial charge on any atom is 0.258 e. The molecule has 4 heteroatoms. The summed E-state index contributed by atoms with van der Waals surface area (Å²) < 4.78 is 0. The Bertz CT molecular complexity index is 722. The fourth-order valence-electron chi connectivity index (χ4n) is 2.70. The number of fused-ring (bicyclic) bond motifs is 1. The van der Waals surface area contributed by atoms with E-state index in [-0.39, 0.29) is 5.91 Å². The quantitative estimate of drug-likeness (QED) is 0.644. The van der Waals surface area contributed by atoms with E-state index < -0.39 is 0 Å². The molecule has 1 aliphatic heterocycles. The first-order valence-corrected chi connectivity index (χ1v) is 6.90. The number of aryl methyl sites for hydroxylation is 1. The van der Waals surface area contributed by atoms with Crippen LogP contribution < -0.4 is 4.90 Å². The fraction of sp³-hybridized carbons (Fsp3) is 0.176. The molecular formula is C17H16N2O2. The Balaban J connectivity index is 2.05. The van der Waals surface area contributed by atoms with E-state index in [9.17, 15) is 4.79 Å². The molecule has 3 rings (SSSR count). The number of oxime groups is 1. The highest BCUT2D eigenvalue weighted by Gasteiger charge is 2.27. The van der Waals surface area contributed by atoms with Crippen LogP contribution in [0.5, 0.6) is 0 Å². The van der Waals surface area contributed by atoms with Crippen molar-refractivity contribution in [3.8, 4) is 0 Å². The molecule has 1 amide bonds. The summed E-state index contributed by atoms with van der Waals surface area (Å²) in [6, 6.07) is 15.1. The van der Waals surface area contributed by atoms with Gasteiger partial charge in [-0.2, -0.15) is 0 Å². The van der Waals surface area contributed by atoms with Gasteiger partial charge in [0.15, 0.2) is 0 Å². The molecule has 1 aliphatic rings. The molecule has 0 spiro atoms. The van der Waals surface area contributed by atoms with Gasteiger partial charge in [-0.25, -0.2) is 0 Å². The van der Waals surface area contributed by atoms with Gasteiger partial charge >= 0.3 is 0 Å². The normalized spacial score (nSPS) is 15.9. The molecule has 2 aromatic rings. The predicted octanol–water partition coefficient (Wildman–Crippen LogP) is 3.22. The third-order valence-corrected chi connectivity index (χ3v) is 3.82. The molecule has 1 heterocycles. The smallest absolute Gasteiger partial charge is 0.258 e. The largest absolute Gasteiger partial charge is 0.411 e. The monoisotopic (exact) mass is 280 g/mol. The average Bonchev–Trinajstić information content (AvgIpc) is 2.53. The minimum atomic E-state index is -0.0162. The van der Waals surface area contributed by atoms with Crippen LogP contribution in [0.15, 0.2) is 53.7 Å². The lowest BCUT2D eigenvalue weighted by atomic mass is 9.98. The van der Waals surface area contributed by atoms with Gasteiger partial charge in [0.05, 0.1) is 11.4 Å². The van der Waals surface area contributed by atoms with Gasteiger partial charge in [0.2, 0.25) is 0 Å². The highest BCUT2D eigenvalue weighted by atomic mass is 16.4. The van der Waals surface area contributed by atoms with Crippen LogP contribution in [0.4, 0.5) is 5.69 Å². The van der Waals surface area contributed by atoms with Crippen LogP contribution >= 0.6 is 0 Å². The van der Waals surface area contributed by atoms with Crippen LogP contribution in [0.3, 0.4) is 0 Å². The van der Waals surface area contributed by atoms with Crippen LogP contribution in [0.2, 0.25) is 0 Å². The van der Waals surface area contributed by atoms with Crippen molar-refractivity contribution in [2.75, 3.05) is 11.4 Å². The fourth-order valence-corrected chi connectivity index (χ4v) is 2.70. The predicted molar refractivity (Wildman–Crippen MR) is 82.2 cm³/mol. The number of amides is 1. The van der Waals surface area contributed by atoms with E-state index in [4.69, 9.17) is 5.21 Å². The molecule has 0 saturated heterocycles. The van der Waals surface area contributed by atoms with Crippen molar-refractivity contribution in [2.45, 2.75) is 13.3 Å². The highest BCUT2D eigenvalue weighted by Crippen LogP contribution is 2.29. The van der Waals surface area contributed by atoms with E-state index in [1.165, 1.54) is 0 Å². The molecule has 106 valence electrons. The van der Waals surface area contributed by atoms with Gasteiger partial charge in [0.1, 0.15) is 0 Å². The SMILES string of the molecule is Cc1ccccc1C(=O)N1CCC(=NO)c2ccccc21. The number of rotatable bonds is 1. The van der Waals surface area contributed by atoms with Gasteiger partial charge < -0.3 is 10.1 Å². The lowest BCUT2D eigenvalue weighted by molar-refractivity contribution is 0.0986. The minimum absolute atomic E-state index is 0.0162. The molecule has 0 unspecified atom stereocenters. The maximum atomic E-state index is 12.8. The zero-order valence-electron chi connectivity index (χ0n) is 11.8. The van der Waals surface area contributed by atoms with Crippen LogP contribution in [0.1, 0.15) is 27.9 Å². The Morgan fingerprint density at radius 3 is 2.62 bits per heavy atom. The lowest BCUT2D eigenvalue weighted by Gasteiger charge is -2.30. The van der Waals surface area contributed by atoms with Crippen molar-refractivity contribution < 1.29 is 10.0 Å². The molecule has 0 aromatic heterocycles. The van der Waals surface area contributed by atoms with Gasteiger partial charge in [0, 0.05) is 24.1 Å². The Morgan fingerprint density at radius 2 is 1.86 bits per heavy atom. The second-order valence-electron chi connectivity index (χ2n) is 5.09. The molecule has 2 aromatic carbocycles. The van der Waals surface area contributed by atoms with Gasteiger partial charge in [-0.15, -0.1) is 0 Å². The number of hydrogen-bond acceptors (Lipinski definition) is 3. The molecule has 0 atom stereocenters. The molecular weight excluding hydrogens is 264 g/mol. The second kappa shape index (κ2) is 5.40. The second-order valence-corrected chi connectivity index (χ2v) is 5.09. The lowest BCUT2D eigenvalue weighted by Crippen LogP contribution is -2.37. The van der Waals surface area contributed by atoms with E-state index in [2.05, 4.69) is 5.16 Å². The average molecular weight is 280 g/mol. The summed E-state index contributed by atoms with van der Waals surface area (Å²) in [6.07, 6.45) is 0.547. The number of carbonyl (C=O) groups excluding carboxylic acids is 1. The maximum absolute atomic E-state index is 12.8. The minimum Gasteiger partial charge on any atom is -0.411 e. The molecule has 0 bridgehead atoms. The Hall–Kier alpha value is -2.62. The zero-order chi connectivity index (χ0) is 14.8. The molecule has 0 fully saturated rings. The standard InChI is InChI=1S/C17H16N2O2/c1-12-6-2-3-7-13(12)17(20)19-11-10-15(18-21)14-8-4-5-9-16(14)19/h2-9,21H,10-11H2,1H3. The molecule has 0 aliphatic carbocycles. The van der Waals surface area contributed by atoms with Crippen molar-refractivity contribution in [3.05, 3.63) is 65.2 Å². The van der Waals surface area contributed by atoms with Crippen molar-refractivity contribution in [1.82, 2.24) is 0 Å². The summed E-state index contributed by atoms with van der Waals surface area (Å²) in [5.74, 6) is -0.0162. The summed E-state index contributed by atoms with van der Waals surface area (Å²) in [7, 11) is 0. The first-order valence-electron chi connectivity index (χ1n) is 6.90. The molecule has 0 saturated carbocycles. The Kier molecular flexibility index (Phi) is 3.44. The highest BCUT2D eigenvalue weighted by molar-refractivity contribution is 6.15. The topological polar surface area (TPSA) is 52.9 Å². The van der Waals surface area contributed by atoms with E-state index in [0.29, 0.717) is 24.2 Å². The van der Waals surface area contributed by atoms with E-state index >= 15 is 0 Å². The number of nitrogens with zero attached hydrogens (tertiary/aromatic N) is 2. The van der Waals surface area contributed by atoms with Crippen molar-refractivity contribution in [3.63, 3.8) is 0 Å². The van der Waals surface area contributed by atoms with Gasteiger partial charge in [0.25, 0.3) is 5.91 Å². The third-order valence-electron chi connectivity index (χ3n) is 3.82. The van der Waals surface area contributed by atoms with E-state index in [0.717, 1.165) is 16.8 Å². The van der Waals surface area contributed by atoms with Crippen LogP contribution in [0, 0.1) is 6.92 Å². The summed E-state index contributed by atoms with van der Waals surface area (Å²) >= 11 is 0. The first kappa shape index (κ1) is 13.4. The number of para-hydroxylation sites is 1. The summed E-state index contributed by atoms with van der Waals surface area (Å²) in [5.41, 5.74) is 3.90. The summed E-state index contributed by atoms with van der Waals surface area (Å²) in [5, 5.41) is 12.5. The Labute approximate surface area is 123 Å². The van der Waals surface area contributed by atoms with Gasteiger partial charge in [-0.05, 0) is 24.6 Å². The van der Waals surface area contributed by atoms with Crippen LogP contribution in [-0.4, -0.2) is 23.4 Å². The molecule has 4 nitrogen and oxygen atoms in total. The zero-order valence-corrected chi connectivity index (χ0v) is 11.8. The summed E-state index contributed by atoms with van der Waals surface area (Å²) in [4.78, 5) is 14.6.